The molecule has 1 aromatic carbocycles. The van der Waals surface area contributed by atoms with Crippen LogP contribution in [0.5, 0.6) is 5.88 Å². The maximum Gasteiger partial charge on any atom is 0.236 e. The van der Waals surface area contributed by atoms with Gasteiger partial charge in [0.1, 0.15) is 0 Å². The number of hydrogen-bond donors (Lipinski definition) is 2. The average molecular weight is 551 g/mol. The molecule has 3 fully saturated rings. The SMILES string of the molecule is CCOc1cncc(-c2ccc(NC(=O)C3(c4cncc(NS(=O)(=O)C5CC5)n4)CC4CCC(C3)O4)cc2)n1. The summed E-state index contributed by atoms with van der Waals surface area (Å²) in [5.74, 6) is 0.362. The van der Waals surface area contributed by atoms with Crippen molar-refractivity contribution in [2.24, 2.45) is 0 Å². The molecule has 0 spiro atoms. The second-order valence-corrected chi connectivity index (χ2v) is 12.3. The van der Waals surface area contributed by atoms with Crippen LogP contribution in [0.2, 0.25) is 0 Å². The minimum absolute atomic E-state index is 0.0679. The Balaban J connectivity index is 1.26. The van der Waals surface area contributed by atoms with Gasteiger partial charge in [0.2, 0.25) is 21.8 Å². The molecule has 2 bridgehead atoms. The van der Waals surface area contributed by atoms with Crippen molar-refractivity contribution < 1.29 is 22.7 Å². The lowest BCUT2D eigenvalue weighted by atomic mass is 9.74. The van der Waals surface area contributed by atoms with Gasteiger partial charge in [-0.1, -0.05) is 12.1 Å². The van der Waals surface area contributed by atoms with E-state index < -0.39 is 20.7 Å². The van der Waals surface area contributed by atoms with Gasteiger partial charge < -0.3 is 14.8 Å². The summed E-state index contributed by atoms with van der Waals surface area (Å²) in [5.41, 5.74) is 1.55. The normalized spacial score (nSPS) is 24.2. The van der Waals surface area contributed by atoms with Crippen molar-refractivity contribution in [1.29, 1.82) is 0 Å². The number of sulfonamides is 1. The van der Waals surface area contributed by atoms with Crippen LogP contribution >= 0.6 is 0 Å². The second-order valence-electron chi connectivity index (χ2n) is 10.3. The number of benzene rings is 1. The summed E-state index contributed by atoms with van der Waals surface area (Å²) in [6.45, 7) is 2.38. The number of ether oxygens (including phenoxy) is 2. The highest BCUT2D eigenvalue weighted by Gasteiger charge is 2.52. The molecule has 2 unspecified atom stereocenters. The van der Waals surface area contributed by atoms with Gasteiger partial charge in [-0.15, -0.1) is 0 Å². The Morgan fingerprint density at radius 1 is 1.00 bits per heavy atom. The number of carbonyl (C=O) groups is 1. The fourth-order valence-electron chi connectivity index (χ4n) is 5.38. The molecule has 1 aliphatic carbocycles. The quantitative estimate of drug-likeness (QED) is 0.409. The molecule has 11 nitrogen and oxygen atoms in total. The largest absolute Gasteiger partial charge is 0.477 e. The molecule has 39 heavy (non-hydrogen) atoms. The number of rotatable bonds is 9. The number of anilines is 2. The minimum Gasteiger partial charge on any atom is -0.477 e. The third-order valence-corrected chi connectivity index (χ3v) is 9.30. The van der Waals surface area contributed by atoms with E-state index in [2.05, 4.69) is 30.0 Å². The van der Waals surface area contributed by atoms with E-state index in [1.54, 1.807) is 18.6 Å². The van der Waals surface area contributed by atoms with Crippen molar-refractivity contribution in [3.63, 3.8) is 0 Å². The smallest absolute Gasteiger partial charge is 0.236 e. The van der Waals surface area contributed by atoms with Gasteiger partial charge in [0.15, 0.2) is 5.82 Å². The van der Waals surface area contributed by atoms with E-state index in [1.807, 2.05) is 31.2 Å². The molecule has 1 saturated carbocycles. The molecule has 3 aromatic rings. The summed E-state index contributed by atoms with van der Waals surface area (Å²) in [7, 11) is -3.51. The molecule has 0 radical (unpaired) electrons. The van der Waals surface area contributed by atoms with Gasteiger partial charge in [-0.25, -0.2) is 18.4 Å². The number of nitrogens with one attached hydrogen (secondary N) is 2. The summed E-state index contributed by atoms with van der Waals surface area (Å²) in [4.78, 5) is 31.5. The van der Waals surface area contributed by atoms with Gasteiger partial charge in [-0.05, 0) is 57.6 Å². The minimum atomic E-state index is -3.51. The molecule has 2 saturated heterocycles. The van der Waals surface area contributed by atoms with E-state index in [1.165, 1.54) is 6.20 Å². The maximum absolute atomic E-state index is 14.0. The molecule has 3 aliphatic rings. The van der Waals surface area contributed by atoms with Crippen LogP contribution in [0.4, 0.5) is 11.5 Å². The van der Waals surface area contributed by atoms with Crippen molar-refractivity contribution in [3.05, 3.63) is 54.7 Å². The third-order valence-electron chi connectivity index (χ3n) is 7.46. The Bertz CT molecular complexity index is 1470. The van der Waals surface area contributed by atoms with Gasteiger partial charge >= 0.3 is 0 Å². The van der Waals surface area contributed by atoms with Crippen LogP contribution in [-0.2, 0) is 25.0 Å². The molecule has 2 aliphatic heterocycles. The van der Waals surface area contributed by atoms with Crippen LogP contribution in [0.25, 0.3) is 11.3 Å². The lowest BCUT2D eigenvalue weighted by molar-refractivity contribution is -0.129. The van der Waals surface area contributed by atoms with Crippen LogP contribution in [0.1, 0.15) is 51.1 Å². The molecule has 6 rings (SSSR count). The first kappa shape index (κ1) is 25.6. The zero-order valence-corrected chi connectivity index (χ0v) is 22.4. The Kier molecular flexibility index (Phi) is 6.67. The number of hydrogen-bond acceptors (Lipinski definition) is 9. The molecule has 1 amide bonds. The van der Waals surface area contributed by atoms with Gasteiger partial charge in [-0.2, -0.15) is 0 Å². The molecule has 2 N–H and O–H groups in total. The fourth-order valence-corrected chi connectivity index (χ4v) is 6.70. The van der Waals surface area contributed by atoms with Crippen molar-refractivity contribution in [2.45, 2.75) is 68.3 Å². The van der Waals surface area contributed by atoms with Gasteiger partial charge in [-0.3, -0.25) is 19.5 Å². The second kappa shape index (κ2) is 10.2. The average Bonchev–Trinajstić information content (AvgIpc) is 3.74. The Labute approximate surface area is 226 Å². The summed E-state index contributed by atoms with van der Waals surface area (Å²) >= 11 is 0. The summed E-state index contributed by atoms with van der Waals surface area (Å²) < 4.78 is 39.1. The molecule has 2 aromatic heterocycles. The van der Waals surface area contributed by atoms with E-state index in [0.29, 0.717) is 55.2 Å². The fraction of sp³-hybridized carbons (Fsp3) is 0.444. The Morgan fingerprint density at radius 3 is 2.41 bits per heavy atom. The highest BCUT2D eigenvalue weighted by Crippen LogP contribution is 2.46. The van der Waals surface area contributed by atoms with Crippen LogP contribution in [0.3, 0.4) is 0 Å². The summed E-state index contributed by atoms with van der Waals surface area (Å²) in [6.07, 6.45) is 9.94. The predicted molar refractivity (Wildman–Crippen MR) is 144 cm³/mol. The molecule has 4 heterocycles. The number of carbonyl (C=O) groups excluding carboxylic acids is 1. The molecule has 12 heteroatoms. The topological polar surface area (TPSA) is 145 Å². The molecule has 204 valence electrons. The van der Waals surface area contributed by atoms with Crippen molar-refractivity contribution in [3.8, 4) is 17.1 Å². The molecular formula is C27H30N6O5S. The number of amides is 1. The third kappa shape index (κ3) is 5.30. The van der Waals surface area contributed by atoms with Crippen molar-refractivity contribution in [2.75, 3.05) is 16.6 Å². The Hall–Kier alpha value is -3.64. The van der Waals surface area contributed by atoms with E-state index in [-0.39, 0.29) is 23.9 Å². The van der Waals surface area contributed by atoms with Gasteiger partial charge in [0, 0.05) is 17.4 Å². The summed E-state index contributed by atoms with van der Waals surface area (Å²) in [6, 6.07) is 7.36. The highest BCUT2D eigenvalue weighted by molar-refractivity contribution is 7.93. The zero-order chi connectivity index (χ0) is 27.0. The van der Waals surface area contributed by atoms with Crippen molar-refractivity contribution in [1.82, 2.24) is 19.9 Å². The van der Waals surface area contributed by atoms with E-state index in [4.69, 9.17) is 9.47 Å². The van der Waals surface area contributed by atoms with E-state index in [9.17, 15) is 13.2 Å². The first-order chi connectivity index (χ1) is 18.8. The van der Waals surface area contributed by atoms with Crippen LogP contribution < -0.4 is 14.8 Å². The standard InChI is InChI=1S/C27H30N6O5S/c1-2-37-25-16-28-13-22(31-25)17-3-5-18(6-4-17)30-26(34)27(11-19-7-8-20(12-27)38-19)23-14-29-15-24(32-23)33-39(35,36)21-9-10-21/h3-6,13-16,19-21H,2,7-12H2,1H3,(H,30,34)(H,32,33). The van der Waals surface area contributed by atoms with Crippen LogP contribution in [0, 0.1) is 0 Å². The summed E-state index contributed by atoms with van der Waals surface area (Å²) in [5, 5.41) is 2.67. The first-order valence-corrected chi connectivity index (χ1v) is 14.8. The Morgan fingerprint density at radius 2 is 1.72 bits per heavy atom. The van der Waals surface area contributed by atoms with Gasteiger partial charge in [0.25, 0.3) is 0 Å². The van der Waals surface area contributed by atoms with Crippen LogP contribution in [0.15, 0.2) is 49.1 Å². The number of nitrogens with zero attached hydrogens (tertiary/aromatic N) is 4. The molecular weight excluding hydrogens is 520 g/mol. The highest BCUT2D eigenvalue weighted by atomic mass is 32.2. The van der Waals surface area contributed by atoms with Crippen molar-refractivity contribution >= 4 is 27.4 Å². The zero-order valence-electron chi connectivity index (χ0n) is 21.5. The monoisotopic (exact) mass is 550 g/mol. The lowest BCUT2D eigenvalue weighted by Crippen LogP contribution is -2.48. The molecule has 2 atom stereocenters. The first-order valence-electron chi connectivity index (χ1n) is 13.2. The number of aromatic nitrogens is 4. The lowest BCUT2D eigenvalue weighted by Gasteiger charge is -2.38. The maximum atomic E-state index is 14.0. The van der Waals surface area contributed by atoms with Crippen LogP contribution in [-0.4, -0.2) is 58.3 Å². The predicted octanol–water partition coefficient (Wildman–Crippen LogP) is 3.45. The van der Waals surface area contributed by atoms with E-state index in [0.717, 1.165) is 18.4 Å². The van der Waals surface area contributed by atoms with E-state index >= 15 is 0 Å². The van der Waals surface area contributed by atoms with Gasteiger partial charge in [0.05, 0.1) is 59.5 Å². The number of fused-ring (bicyclic) bond motifs is 2.